The second-order valence-corrected chi connectivity index (χ2v) is 9.43. The summed E-state index contributed by atoms with van der Waals surface area (Å²) in [6.45, 7) is 0. The van der Waals surface area contributed by atoms with Gasteiger partial charge in [-0.15, -0.1) is 0 Å². The van der Waals surface area contributed by atoms with Crippen LogP contribution in [0.5, 0.6) is 0 Å². The first-order valence-electron chi connectivity index (χ1n) is 9.75. The molecule has 5 rings (SSSR count). The van der Waals surface area contributed by atoms with E-state index >= 15 is 0 Å². The number of fused-ring (bicyclic) bond motifs is 1. The van der Waals surface area contributed by atoms with Gasteiger partial charge in [-0.2, -0.15) is 0 Å². The third-order valence-electron chi connectivity index (χ3n) is 6.34. The minimum Gasteiger partial charge on any atom is -0.461 e. The number of para-hydroxylation sites is 1. The molecule has 2 saturated carbocycles. The highest BCUT2D eigenvalue weighted by molar-refractivity contribution is 9.09. The number of hydrogen-bond acceptors (Lipinski definition) is 4. The zero-order valence-corrected chi connectivity index (χ0v) is 18.0. The number of hydrogen-bond donors (Lipinski definition) is 2. The van der Waals surface area contributed by atoms with Crippen LogP contribution >= 0.6 is 27.5 Å². The van der Waals surface area contributed by atoms with Gasteiger partial charge in [-0.1, -0.05) is 45.7 Å². The van der Waals surface area contributed by atoms with Crippen LogP contribution < -0.4 is 10.6 Å². The van der Waals surface area contributed by atoms with Crippen molar-refractivity contribution in [3.63, 3.8) is 0 Å². The van der Waals surface area contributed by atoms with Crippen molar-refractivity contribution in [1.29, 1.82) is 0 Å². The Hall–Kier alpha value is -2.38. The number of carbonyl (C=O) groups is 3. The van der Waals surface area contributed by atoms with E-state index in [0.29, 0.717) is 22.0 Å². The van der Waals surface area contributed by atoms with E-state index in [4.69, 9.17) is 16.3 Å². The fourth-order valence-corrected chi connectivity index (χ4v) is 6.28. The zero-order valence-electron chi connectivity index (χ0n) is 15.7. The van der Waals surface area contributed by atoms with Gasteiger partial charge in [-0.05, 0) is 42.7 Å². The molecule has 0 aromatic heterocycles. The lowest BCUT2D eigenvalue weighted by Gasteiger charge is -2.27. The van der Waals surface area contributed by atoms with Gasteiger partial charge in [-0.3, -0.25) is 14.4 Å². The van der Waals surface area contributed by atoms with Gasteiger partial charge in [0.1, 0.15) is 6.10 Å². The molecule has 2 bridgehead atoms. The summed E-state index contributed by atoms with van der Waals surface area (Å²) in [6, 6.07) is 13.7. The number of halogens is 2. The van der Waals surface area contributed by atoms with Crippen molar-refractivity contribution < 1.29 is 19.1 Å². The minimum absolute atomic E-state index is 0.00804. The Bertz CT molecular complexity index is 1060. The Morgan fingerprint density at radius 3 is 2.67 bits per heavy atom. The van der Waals surface area contributed by atoms with Gasteiger partial charge in [0, 0.05) is 17.2 Å². The average Bonchev–Trinajstić information content (AvgIpc) is 3.34. The summed E-state index contributed by atoms with van der Waals surface area (Å²) in [4.78, 5) is 37.9. The number of alkyl halides is 1. The number of ether oxygens (including phenoxy) is 1. The van der Waals surface area contributed by atoms with Crippen LogP contribution in [0.15, 0.2) is 48.5 Å². The van der Waals surface area contributed by atoms with Crippen molar-refractivity contribution in [2.24, 2.45) is 23.7 Å². The fourth-order valence-electron chi connectivity index (χ4n) is 5.05. The van der Waals surface area contributed by atoms with Gasteiger partial charge < -0.3 is 15.4 Å². The number of nitrogens with one attached hydrogen (secondary N) is 2. The number of carbonyl (C=O) groups excluding carboxylic acids is 3. The highest BCUT2D eigenvalue weighted by atomic mass is 79.9. The number of rotatable bonds is 4. The molecule has 0 radical (unpaired) electrons. The highest BCUT2D eigenvalue weighted by Gasteiger charge is 2.67. The van der Waals surface area contributed by atoms with E-state index < -0.39 is 5.92 Å². The first kappa shape index (κ1) is 19.6. The molecule has 1 heterocycles. The summed E-state index contributed by atoms with van der Waals surface area (Å²) in [5, 5.41) is 6.10. The largest absolute Gasteiger partial charge is 0.461 e. The summed E-state index contributed by atoms with van der Waals surface area (Å²) >= 11 is 9.72. The molecule has 3 fully saturated rings. The second-order valence-electron chi connectivity index (χ2n) is 7.96. The molecule has 6 nitrogen and oxygen atoms in total. The van der Waals surface area contributed by atoms with Crippen LogP contribution in [0.3, 0.4) is 0 Å². The van der Waals surface area contributed by atoms with Gasteiger partial charge in [0.25, 0.3) is 5.91 Å². The maximum Gasteiger partial charge on any atom is 0.310 e. The SMILES string of the molecule is O=C(Nc1ccccc1Cl)c1cccc(NC(=O)[C@@H]2[C@H]3C[C@H]4[C@H](OC(=O)[C@H]42)[C@H]3Br)c1. The highest BCUT2D eigenvalue weighted by Crippen LogP contribution is 2.60. The predicted molar refractivity (Wildman–Crippen MR) is 116 cm³/mol. The molecule has 2 aliphatic carbocycles. The van der Waals surface area contributed by atoms with E-state index in [1.165, 1.54) is 0 Å². The maximum atomic E-state index is 13.0. The van der Waals surface area contributed by atoms with Crippen LogP contribution in [0, 0.1) is 23.7 Å². The van der Waals surface area contributed by atoms with Gasteiger partial charge >= 0.3 is 5.97 Å². The Labute approximate surface area is 186 Å². The van der Waals surface area contributed by atoms with E-state index in [2.05, 4.69) is 26.6 Å². The smallest absolute Gasteiger partial charge is 0.310 e. The molecule has 0 unspecified atom stereocenters. The number of benzene rings is 2. The van der Waals surface area contributed by atoms with Gasteiger partial charge in [0.2, 0.25) is 5.91 Å². The van der Waals surface area contributed by atoms with Crippen LogP contribution in [0.25, 0.3) is 0 Å². The van der Waals surface area contributed by atoms with E-state index in [9.17, 15) is 14.4 Å². The summed E-state index contributed by atoms with van der Waals surface area (Å²) in [5.41, 5.74) is 1.40. The van der Waals surface area contributed by atoms with E-state index in [1.807, 2.05) is 0 Å². The molecule has 2 aromatic rings. The predicted octanol–water partition coefficient (Wildman–Crippen LogP) is 4.10. The van der Waals surface area contributed by atoms with E-state index in [-0.39, 0.29) is 46.5 Å². The van der Waals surface area contributed by atoms with Gasteiger partial charge in [0.15, 0.2) is 0 Å². The standard InChI is InChI=1S/C22H18BrClN2O4/c23-18-12-9-13-17(22(29)30-19(13)18)16(12)21(28)25-11-5-3-4-10(8-11)20(27)26-15-7-2-1-6-14(15)24/h1-8,12-13,16-19H,9H2,(H,25,28)(H,26,27)/t12-,13-,16-,17-,18+,19+/m1/s1. The van der Waals surface area contributed by atoms with E-state index in [0.717, 1.165) is 6.42 Å². The van der Waals surface area contributed by atoms with Gasteiger partial charge in [0.05, 0.1) is 27.4 Å². The summed E-state index contributed by atoms with van der Waals surface area (Å²) in [6.07, 6.45) is 0.698. The number of amides is 2. The van der Waals surface area contributed by atoms with E-state index in [1.54, 1.807) is 48.5 Å². The van der Waals surface area contributed by atoms with Crippen LogP contribution in [-0.2, 0) is 14.3 Å². The topological polar surface area (TPSA) is 84.5 Å². The minimum atomic E-state index is -0.425. The molecular weight excluding hydrogens is 472 g/mol. The number of anilines is 2. The molecule has 1 aliphatic heterocycles. The molecule has 1 saturated heterocycles. The Kier molecular flexibility index (Phi) is 4.82. The third kappa shape index (κ3) is 3.11. The zero-order chi connectivity index (χ0) is 21.0. The lowest BCUT2D eigenvalue weighted by Crippen LogP contribution is -2.40. The average molecular weight is 490 g/mol. The molecule has 2 aromatic carbocycles. The molecule has 3 aliphatic rings. The monoisotopic (exact) mass is 488 g/mol. The Balaban J connectivity index is 1.32. The van der Waals surface area contributed by atoms with Crippen molar-refractivity contribution in [2.45, 2.75) is 17.4 Å². The lowest BCUT2D eigenvalue weighted by atomic mass is 9.79. The van der Waals surface area contributed by atoms with Crippen LogP contribution in [0.4, 0.5) is 11.4 Å². The normalized spacial score (nSPS) is 30.8. The molecule has 0 spiro atoms. The molecule has 154 valence electrons. The molecule has 2 amide bonds. The van der Waals surface area contributed by atoms with Crippen LogP contribution in [0.2, 0.25) is 5.02 Å². The van der Waals surface area contributed by atoms with Gasteiger partial charge in [-0.25, -0.2) is 0 Å². The Morgan fingerprint density at radius 1 is 1.07 bits per heavy atom. The van der Waals surface area contributed by atoms with Crippen molar-refractivity contribution in [2.75, 3.05) is 10.6 Å². The summed E-state index contributed by atoms with van der Waals surface area (Å²) in [7, 11) is 0. The summed E-state index contributed by atoms with van der Waals surface area (Å²) in [5.74, 6) is -1.44. The molecule has 2 N–H and O–H groups in total. The first-order chi connectivity index (χ1) is 14.4. The van der Waals surface area contributed by atoms with Crippen LogP contribution in [0.1, 0.15) is 16.8 Å². The van der Waals surface area contributed by atoms with Crippen molar-refractivity contribution in [1.82, 2.24) is 0 Å². The Morgan fingerprint density at radius 2 is 1.87 bits per heavy atom. The molecule has 8 heteroatoms. The third-order valence-corrected chi connectivity index (χ3v) is 7.87. The molecule has 30 heavy (non-hydrogen) atoms. The fraction of sp³-hybridized carbons (Fsp3) is 0.318. The van der Waals surface area contributed by atoms with Crippen molar-refractivity contribution >= 4 is 56.7 Å². The molecule has 6 atom stereocenters. The van der Waals surface area contributed by atoms with Crippen molar-refractivity contribution in [3.8, 4) is 0 Å². The quantitative estimate of drug-likeness (QED) is 0.500. The summed E-state index contributed by atoms with van der Waals surface area (Å²) < 4.78 is 5.47. The molecular formula is C22H18BrClN2O4. The first-order valence-corrected chi connectivity index (χ1v) is 11.0. The maximum absolute atomic E-state index is 13.0. The second kappa shape index (κ2) is 7.39. The lowest BCUT2D eigenvalue weighted by molar-refractivity contribution is -0.145. The van der Waals surface area contributed by atoms with Crippen LogP contribution in [-0.4, -0.2) is 28.7 Å². The van der Waals surface area contributed by atoms with Crippen molar-refractivity contribution in [3.05, 3.63) is 59.1 Å². The number of esters is 1.